The summed E-state index contributed by atoms with van der Waals surface area (Å²) in [6.07, 6.45) is 0.805. The summed E-state index contributed by atoms with van der Waals surface area (Å²) in [6, 6.07) is 0. The predicted octanol–water partition coefficient (Wildman–Crippen LogP) is 1.70. The van der Waals surface area contributed by atoms with Crippen LogP contribution < -0.4 is 5.32 Å². The van der Waals surface area contributed by atoms with Crippen molar-refractivity contribution in [2.24, 2.45) is 0 Å². The fraction of sp³-hybridized carbons (Fsp3) is 0.833. The van der Waals surface area contributed by atoms with E-state index in [4.69, 9.17) is 0 Å². The molecule has 1 amide bonds. The number of carbonyl (C=O) groups is 1. The number of amides is 1. The highest BCUT2D eigenvalue weighted by Gasteiger charge is 1.96. The SMILES string of the molecule is CCSC(=O)NCCCOS. The zero-order chi connectivity index (χ0) is 8.53. The Kier molecular flexibility index (Phi) is 8.33. The van der Waals surface area contributed by atoms with E-state index in [1.54, 1.807) is 0 Å². The quantitative estimate of drug-likeness (QED) is 0.398. The second-order valence-electron chi connectivity index (χ2n) is 1.83. The van der Waals surface area contributed by atoms with Crippen molar-refractivity contribution in [3.8, 4) is 0 Å². The van der Waals surface area contributed by atoms with Crippen LogP contribution in [0.15, 0.2) is 0 Å². The molecule has 5 heteroatoms. The van der Waals surface area contributed by atoms with Gasteiger partial charge in [0.2, 0.25) is 0 Å². The Balaban J connectivity index is 3.04. The van der Waals surface area contributed by atoms with Crippen molar-refractivity contribution in [3.63, 3.8) is 0 Å². The number of thiol groups is 1. The van der Waals surface area contributed by atoms with Gasteiger partial charge in [-0.1, -0.05) is 18.7 Å². The second kappa shape index (κ2) is 8.23. The molecule has 0 saturated carbocycles. The van der Waals surface area contributed by atoms with Crippen molar-refractivity contribution in [2.75, 3.05) is 18.9 Å². The molecule has 0 unspecified atom stereocenters. The summed E-state index contributed by atoms with van der Waals surface area (Å²) < 4.78 is 4.52. The molecule has 0 atom stereocenters. The van der Waals surface area contributed by atoms with Crippen LogP contribution in [0.5, 0.6) is 0 Å². The third-order valence-electron chi connectivity index (χ3n) is 0.957. The number of carbonyl (C=O) groups excluding carboxylic acids is 1. The molecule has 0 rings (SSSR count). The molecule has 0 aromatic rings. The van der Waals surface area contributed by atoms with Crippen molar-refractivity contribution in [1.29, 1.82) is 0 Å². The van der Waals surface area contributed by atoms with E-state index in [0.717, 1.165) is 12.2 Å². The van der Waals surface area contributed by atoms with E-state index in [9.17, 15) is 4.79 Å². The third kappa shape index (κ3) is 8.03. The molecule has 66 valence electrons. The molecule has 0 fully saturated rings. The van der Waals surface area contributed by atoms with Crippen LogP contribution in [-0.2, 0) is 4.18 Å². The first kappa shape index (κ1) is 11.1. The van der Waals surface area contributed by atoms with Crippen LogP contribution in [0.25, 0.3) is 0 Å². The second-order valence-corrected chi connectivity index (χ2v) is 3.33. The molecule has 0 bridgehead atoms. The van der Waals surface area contributed by atoms with Crippen LogP contribution in [0.3, 0.4) is 0 Å². The highest BCUT2D eigenvalue weighted by Crippen LogP contribution is 1.98. The zero-order valence-corrected chi connectivity index (χ0v) is 8.21. The molecular weight excluding hydrogens is 182 g/mol. The fourth-order valence-electron chi connectivity index (χ4n) is 0.509. The van der Waals surface area contributed by atoms with Gasteiger partial charge in [0.25, 0.3) is 5.24 Å². The number of hydrogen-bond acceptors (Lipinski definition) is 4. The van der Waals surface area contributed by atoms with Crippen molar-refractivity contribution < 1.29 is 8.98 Å². The van der Waals surface area contributed by atoms with Crippen LogP contribution >= 0.6 is 24.7 Å². The lowest BCUT2D eigenvalue weighted by atomic mass is 10.5. The first-order valence-electron chi connectivity index (χ1n) is 3.48. The first-order valence-corrected chi connectivity index (χ1v) is 4.83. The Labute approximate surface area is 76.9 Å². The zero-order valence-electron chi connectivity index (χ0n) is 6.50. The molecule has 0 aromatic carbocycles. The lowest BCUT2D eigenvalue weighted by Gasteiger charge is -2.01. The summed E-state index contributed by atoms with van der Waals surface area (Å²) in [5.74, 6) is 0.814. The molecule has 0 aliphatic rings. The van der Waals surface area contributed by atoms with Crippen molar-refractivity contribution in [1.82, 2.24) is 5.32 Å². The van der Waals surface area contributed by atoms with Crippen LogP contribution in [0.4, 0.5) is 4.79 Å². The van der Waals surface area contributed by atoms with Crippen molar-refractivity contribution in [3.05, 3.63) is 0 Å². The Hall–Kier alpha value is 0.130. The number of hydrogen-bond donors (Lipinski definition) is 2. The fourth-order valence-corrected chi connectivity index (χ4v) is 1.10. The summed E-state index contributed by atoms with van der Waals surface area (Å²) >= 11 is 4.85. The van der Waals surface area contributed by atoms with E-state index in [1.807, 2.05) is 6.92 Å². The van der Waals surface area contributed by atoms with E-state index in [1.165, 1.54) is 11.8 Å². The van der Waals surface area contributed by atoms with Crippen LogP contribution in [-0.4, -0.2) is 24.1 Å². The summed E-state index contributed by atoms with van der Waals surface area (Å²) in [7, 11) is 0. The predicted molar refractivity (Wildman–Crippen MR) is 51.1 cm³/mol. The van der Waals surface area contributed by atoms with Gasteiger partial charge in [0.05, 0.1) is 6.61 Å². The maximum atomic E-state index is 10.8. The Morgan fingerprint density at radius 3 is 3.00 bits per heavy atom. The lowest BCUT2D eigenvalue weighted by molar-refractivity contribution is 0.259. The molecule has 3 nitrogen and oxygen atoms in total. The van der Waals surface area contributed by atoms with Gasteiger partial charge in [0.1, 0.15) is 0 Å². The maximum absolute atomic E-state index is 10.8. The minimum absolute atomic E-state index is 0.0339. The molecule has 0 aromatic heterocycles. The first-order chi connectivity index (χ1) is 5.31. The monoisotopic (exact) mass is 195 g/mol. The largest absolute Gasteiger partial charge is 0.347 e. The van der Waals surface area contributed by atoms with Crippen molar-refractivity contribution >= 4 is 29.9 Å². The summed E-state index contributed by atoms with van der Waals surface area (Å²) in [5.41, 5.74) is 0. The van der Waals surface area contributed by atoms with Gasteiger partial charge in [0, 0.05) is 6.54 Å². The minimum Gasteiger partial charge on any atom is -0.347 e. The van der Waals surface area contributed by atoms with Crippen LogP contribution in [0.1, 0.15) is 13.3 Å². The van der Waals surface area contributed by atoms with Gasteiger partial charge in [-0.25, -0.2) is 0 Å². The highest BCUT2D eigenvalue weighted by molar-refractivity contribution is 8.13. The van der Waals surface area contributed by atoms with Gasteiger partial charge in [-0.2, -0.15) is 0 Å². The van der Waals surface area contributed by atoms with Gasteiger partial charge in [0.15, 0.2) is 0 Å². The highest BCUT2D eigenvalue weighted by atomic mass is 32.2. The average Bonchev–Trinajstić information content (AvgIpc) is 1.99. The van der Waals surface area contributed by atoms with E-state index in [2.05, 4.69) is 22.4 Å². The smallest absolute Gasteiger partial charge is 0.279 e. The molecule has 0 heterocycles. The Morgan fingerprint density at radius 1 is 1.73 bits per heavy atom. The molecule has 0 aliphatic heterocycles. The van der Waals surface area contributed by atoms with Gasteiger partial charge in [-0.15, -0.1) is 0 Å². The summed E-state index contributed by atoms with van der Waals surface area (Å²) in [4.78, 5) is 10.8. The molecule has 0 saturated heterocycles. The average molecular weight is 195 g/mol. The Bertz CT molecular complexity index is 111. The number of thioether (sulfide) groups is 1. The van der Waals surface area contributed by atoms with Gasteiger partial charge < -0.3 is 9.50 Å². The number of rotatable bonds is 5. The molecular formula is C6H13NO2S2. The van der Waals surface area contributed by atoms with Crippen LogP contribution in [0, 0.1) is 0 Å². The topological polar surface area (TPSA) is 38.3 Å². The lowest BCUT2D eigenvalue weighted by Crippen LogP contribution is -2.20. The van der Waals surface area contributed by atoms with E-state index in [-0.39, 0.29) is 5.24 Å². The van der Waals surface area contributed by atoms with Gasteiger partial charge >= 0.3 is 0 Å². The van der Waals surface area contributed by atoms with E-state index in [0.29, 0.717) is 13.2 Å². The third-order valence-corrected chi connectivity index (χ3v) is 1.83. The minimum atomic E-state index is 0.0339. The molecule has 0 radical (unpaired) electrons. The summed E-state index contributed by atoms with van der Waals surface area (Å²) in [5, 5.41) is 2.76. The van der Waals surface area contributed by atoms with Crippen molar-refractivity contribution in [2.45, 2.75) is 13.3 Å². The van der Waals surface area contributed by atoms with Crippen LogP contribution in [0.2, 0.25) is 0 Å². The summed E-state index contributed by atoms with van der Waals surface area (Å²) in [6.45, 7) is 3.17. The molecule has 0 aliphatic carbocycles. The molecule has 0 spiro atoms. The maximum Gasteiger partial charge on any atom is 0.279 e. The normalized spacial score (nSPS) is 9.64. The molecule has 11 heavy (non-hydrogen) atoms. The standard InChI is InChI=1S/C6H13NO2S2/c1-2-11-6(8)7-4-3-5-9-10/h10H,2-5H2,1H3,(H,7,8). The number of nitrogens with one attached hydrogen (secondary N) is 1. The molecule has 1 N–H and O–H groups in total. The van der Waals surface area contributed by atoms with Gasteiger partial charge in [-0.05, 0) is 25.1 Å². The van der Waals surface area contributed by atoms with E-state index < -0.39 is 0 Å². The van der Waals surface area contributed by atoms with E-state index >= 15 is 0 Å². The Morgan fingerprint density at radius 2 is 2.45 bits per heavy atom. The van der Waals surface area contributed by atoms with Gasteiger partial charge in [-0.3, -0.25) is 4.79 Å².